The van der Waals surface area contributed by atoms with Gasteiger partial charge in [-0.15, -0.1) is 0 Å². The molecule has 0 unspecified atom stereocenters. The quantitative estimate of drug-likeness (QED) is 0.750. The zero-order chi connectivity index (χ0) is 10.6. The van der Waals surface area contributed by atoms with E-state index in [0.717, 1.165) is 0 Å². The maximum atomic E-state index is 11.6. The lowest BCUT2D eigenvalue weighted by Crippen LogP contribution is -2.28. The Morgan fingerprint density at radius 1 is 1.79 bits per heavy atom. The van der Waals surface area contributed by atoms with Gasteiger partial charge in [0.05, 0.1) is 6.07 Å². The summed E-state index contributed by atoms with van der Waals surface area (Å²) >= 11 is 3.22. The number of nitrogens with zero attached hydrogens (tertiary/aromatic N) is 3. The smallest absolute Gasteiger partial charge is 0.274 e. The van der Waals surface area contributed by atoms with E-state index in [1.165, 1.54) is 11.1 Å². The van der Waals surface area contributed by atoms with Gasteiger partial charge in [0.1, 0.15) is 12.2 Å². The first-order valence-electron chi connectivity index (χ1n) is 3.89. The molecule has 0 fully saturated rings. The van der Waals surface area contributed by atoms with Crippen molar-refractivity contribution < 1.29 is 4.79 Å². The van der Waals surface area contributed by atoms with Gasteiger partial charge in [0.15, 0.2) is 0 Å². The summed E-state index contributed by atoms with van der Waals surface area (Å²) in [7, 11) is 1.56. The molecule has 1 heterocycles. The van der Waals surface area contributed by atoms with E-state index in [-0.39, 0.29) is 12.5 Å². The highest BCUT2D eigenvalue weighted by Crippen LogP contribution is 2.14. The molecule has 0 spiro atoms. The SMILES string of the molecule is CN(CC#N)C(=O)c1ncccc1Br. The molecular formula is C9H8BrN3O. The third-order valence-corrected chi connectivity index (χ3v) is 2.26. The lowest BCUT2D eigenvalue weighted by molar-refractivity contribution is 0.0805. The van der Waals surface area contributed by atoms with Gasteiger partial charge in [-0.1, -0.05) is 0 Å². The first-order chi connectivity index (χ1) is 6.66. The van der Waals surface area contributed by atoms with E-state index in [9.17, 15) is 4.79 Å². The molecule has 14 heavy (non-hydrogen) atoms. The molecule has 0 bridgehead atoms. The molecule has 1 aromatic heterocycles. The van der Waals surface area contributed by atoms with Crippen LogP contribution in [0.3, 0.4) is 0 Å². The van der Waals surface area contributed by atoms with Crippen LogP contribution in [0.2, 0.25) is 0 Å². The van der Waals surface area contributed by atoms with Gasteiger partial charge in [0, 0.05) is 17.7 Å². The van der Waals surface area contributed by atoms with E-state index >= 15 is 0 Å². The average Bonchev–Trinajstić information content (AvgIpc) is 2.18. The van der Waals surface area contributed by atoms with Gasteiger partial charge in [-0.2, -0.15) is 5.26 Å². The molecule has 0 aliphatic carbocycles. The Hall–Kier alpha value is -1.41. The van der Waals surface area contributed by atoms with Crippen molar-refractivity contribution in [2.75, 3.05) is 13.6 Å². The summed E-state index contributed by atoms with van der Waals surface area (Å²) in [6, 6.07) is 5.36. The Kier molecular flexibility index (Phi) is 3.60. The predicted molar refractivity (Wildman–Crippen MR) is 54.5 cm³/mol. The number of amides is 1. The zero-order valence-electron chi connectivity index (χ0n) is 7.57. The van der Waals surface area contributed by atoms with Crippen molar-refractivity contribution in [3.8, 4) is 6.07 Å². The molecule has 0 aliphatic rings. The van der Waals surface area contributed by atoms with E-state index in [1.807, 2.05) is 6.07 Å². The average molecular weight is 254 g/mol. The van der Waals surface area contributed by atoms with Crippen LogP contribution in [-0.4, -0.2) is 29.4 Å². The van der Waals surface area contributed by atoms with Crippen LogP contribution in [-0.2, 0) is 0 Å². The highest BCUT2D eigenvalue weighted by Gasteiger charge is 2.15. The molecule has 1 rings (SSSR count). The van der Waals surface area contributed by atoms with Crippen molar-refractivity contribution in [1.29, 1.82) is 5.26 Å². The Balaban J connectivity index is 2.91. The lowest BCUT2D eigenvalue weighted by atomic mass is 10.3. The summed E-state index contributed by atoms with van der Waals surface area (Å²) in [4.78, 5) is 16.9. The normalized spacial score (nSPS) is 9.21. The van der Waals surface area contributed by atoms with Crippen molar-refractivity contribution in [2.24, 2.45) is 0 Å². The number of rotatable bonds is 2. The van der Waals surface area contributed by atoms with Crippen LogP contribution in [0.4, 0.5) is 0 Å². The summed E-state index contributed by atoms with van der Waals surface area (Å²) in [5, 5.41) is 8.43. The number of pyridine rings is 1. The number of halogens is 1. The number of hydrogen-bond acceptors (Lipinski definition) is 3. The summed E-state index contributed by atoms with van der Waals surface area (Å²) < 4.78 is 0.634. The van der Waals surface area contributed by atoms with Gasteiger partial charge in [0.2, 0.25) is 0 Å². The molecule has 0 N–H and O–H groups in total. The third kappa shape index (κ3) is 2.30. The van der Waals surface area contributed by atoms with Gasteiger partial charge < -0.3 is 4.90 Å². The highest BCUT2D eigenvalue weighted by atomic mass is 79.9. The minimum atomic E-state index is -0.265. The number of aromatic nitrogens is 1. The Labute approximate surface area is 90.3 Å². The predicted octanol–water partition coefficient (Wildman–Crippen LogP) is 1.44. The maximum absolute atomic E-state index is 11.6. The molecule has 0 radical (unpaired) electrons. The van der Waals surface area contributed by atoms with Crippen molar-refractivity contribution >= 4 is 21.8 Å². The number of carbonyl (C=O) groups is 1. The molecule has 1 aromatic rings. The second-order valence-electron chi connectivity index (χ2n) is 2.65. The van der Waals surface area contributed by atoms with Crippen LogP contribution < -0.4 is 0 Å². The summed E-state index contributed by atoms with van der Waals surface area (Å²) in [6.07, 6.45) is 1.54. The Morgan fingerprint density at radius 3 is 3.07 bits per heavy atom. The number of nitriles is 1. The highest BCUT2D eigenvalue weighted by molar-refractivity contribution is 9.10. The molecule has 0 aliphatic heterocycles. The summed E-state index contributed by atoms with van der Waals surface area (Å²) in [5.74, 6) is -0.265. The molecular weight excluding hydrogens is 246 g/mol. The first-order valence-corrected chi connectivity index (χ1v) is 4.69. The Bertz CT molecular complexity index is 386. The molecule has 72 valence electrons. The molecule has 1 amide bonds. The topological polar surface area (TPSA) is 57.0 Å². The lowest BCUT2D eigenvalue weighted by Gasteiger charge is -2.12. The van der Waals surface area contributed by atoms with E-state index in [4.69, 9.17) is 5.26 Å². The second-order valence-corrected chi connectivity index (χ2v) is 3.51. The minimum Gasteiger partial charge on any atom is -0.327 e. The molecule has 0 atom stereocenters. The van der Waals surface area contributed by atoms with Crippen LogP contribution in [0.5, 0.6) is 0 Å². The maximum Gasteiger partial charge on any atom is 0.274 e. The van der Waals surface area contributed by atoms with Gasteiger partial charge in [-0.05, 0) is 28.1 Å². The van der Waals surface area contributed by atoms with Gasteiger partial charge in [-0.25, -0.2) is 4.98 Å². The summed E-state index contributed by atoms with van der Waals surface area (Å²) in [5.41, 5.74) is 0.324. The van der Waals surface area contributed by atoms with Crippen molar-refractivity contribution in [1.82, 2.24) is 9.88 Å². The van der Waals surface area contributed by atoms with Crippen LogP contribution in [0.15, 0.2) is 22.8 Å². The van der Waals surface area contributed by atoms with Crippen LogP contribution in [0, 0.1) is 11.3 Å². The van der Waals surface area contributed by atoms with Crippen molar-refractivity contribution in [2.45, 2.75) is 0 Å². The van der Waals surface area contributed by atoms with Crippen LogP contribution in [0.25, 0.3) is 0 Å². The van der Waals surface area contributed by atoms with Crippen molar-refractivity contribution in [3.63, 3.8) is 0 Å². The second kappa shape index (κ2) is 4.72. The first kappa shape index (κ1) is 10.7. The largest absolute Gasteiger partial charge is 0.327 e. The molecule has 4 nitrogen and oxygen atoms in total. The van der Waals surface area contributed by atoms with E-state index in [2.05, 4.69) is 20.9 Å². The van der Waals surface area contributed by atoms with Crippen LogP contribution in [0.1, 0.15) is 10.5 Å². The number of carbonyl (C=O) groups excluding carboxylic acids is 1. The van der Waals surface area contributed by atoms with E-state index in [0.29, 0.717) is 10.2 Å². The monoisotopic (exact) mass is 253 g/mol. The third-order valence-electron chi connectivity index (χ3n) is 1.62. The van der Waals surface area contributed by atoms with Crippen LogP contribution >= 0.6 is 15.9 Å². The van der Waals surface area contributed by atoms with Gasteiger partial charge in [-0.3, -0.25) is 4.79 Å². The fraction of sp³-hybridized carbons (Fsp3) is 0.222. The molecule has 0 saturated heterocycles. The fourth-order valence-electron chi connectivity index (χ4n) is 0.902. The molecule has 0 saturated carbocycles. The minimum absolute atomic E-state index is 0.0574. The molecule has 5 heteroatoms. The zero-order valence-corrected chi connectivity index (χ0v) is 9.15. The van der Waals surface area contributed by atoms with Gasteiger partial charge in [0.25, 0.3) is 5.91 Å². The number of hydrogen-bond donors (Lipinski definition) is 0. The van der Waals surface area contributed by atoms with E-state index in [1.54, 1.807) is 19.2 Å². The summed E-state index contributed by atoms with van der Waals surface area (Å²) in [6.45, 7) is 0.0574. The van der Waals surface area contributed by atoms with Crippen molar-refractivity contribution in [3.05, 3.63) is 28.5 Å². The standard InChI is InChI=1S/C9H8BrN3O/c1-13(6-4-11)9(14)8-7(10)3-2-5-12-8/h2-3,5H,6H2,1H3. The van der Waals surface area contributed by atoms with E-state index < -0.39 is 0 Å². The van der Waals surface area contributed by atoms with Gasteiger partial charge >= 0.3 is 0 Å². The fourth-order valence-corrected chi connectivity index (χ4v) is 1.33. The molecule has 0 aromatic carbocycles. The Morgan fingerprint density at radius 2 is 2.50 bits per heavy atom.